The Kier molecular flexibility index (Phi) is 4.12. The van der Waals surface area contributed by atoms with Crippen LogP contribution in [0.25, 0.3) is 0 Å². The lowest BCUT2D eigenvalue weighted by molar-refractivity contribution is -0.159. The van der Waals surface area contributed by atoms with Crippen molar-refractivity contribution in [3.05, 3.63) is 0 Å². The molecule has 1 saturated heterocycles. The lowest BCUT2D eigenvalue weighted by Crippen LogP contribution is -2.34. The highest BCUT2D eigenvalue weighted by Crippen LogP contribution is 2.22. The summed E-state index contributed by atoms with van der Waals surface area (Å²) >= 11 is 0. The van der Waals surface area contributed by atoms with Gasteiger partial charge in [-0.1, -0.05) is 6.42 Å². The number of nitrogens with one attached hydrogen (secondary N) is 1. The van der Waals surface area contributed by atoms with Gasteiger partial charge in [-0.15, -0.1) is 0 Å². The van der Waals surface area contributed by atoms with Crippen molar-refractivity contribution in [1.82, 2.24) is 5.43 Å². The fraction of sp³-hybridized carbons (Fsp3) is 0.833. The summed E-state index contributed by atoms with van der Waals surface area (Å²) in [5, 5.41) is 4.16. The van der Waals surface area contributed by atoms with Crippen molar-refractivity contribution in [2.75, 3.05) is 13.2 Å². The Morgan fingerprint density at radius 1 is 1.29 bits per heavy atom. The molecule has 2 rings (SSSR count). The largest absolute Gasteiger partial charge is 0.347 e. The predicted octanol–water partition coefficient (Wildman–Crippen LogP) is 1.58. The SMILES string of the molecule is CC1(CC(=O)NN=C2CCCCC2)OCCO1. The van der Waals surface area contributed by atoms with E-state index in [2.05, 4.69) is 10.5 Å². The summed E-state index contributed by atoms with van der Waals surface area (Å²) < 4.78 is 10.7. The van der Waals surface area contributed by atoms with E-state index in [4.69, 9.17) is 9.47 Å². The second-order valence-corrected chi connectivity index (χ2v) is 4.78. The van der Waals surface area contributed by atoms with Gasteiger partial charge in [0, 0.05) is 5.71 Å². The first kappa shape index (κ1) is 12.5. The van der Waals surface area contributed by atoms with Crippen molar-refractivity contribution in [2.24, 2.45) is 5.10 Å². The molecule has 1 aliphatic heterocycles. The Labute approximate surface area is 102 Å². The van der Waals surface area contributed by atoms with Crippen molar-refractivity contribution >= 4 is 11.6 Å². The van der Waals surface area contributed by atoms with Gasteiger partial charge in [0.15, 0.2) is 5.79 Å². The minimum Gasteiger partial charge on any atom is -0.347 e. The number of rotatable bonds is 3. The highest BCUT2D eigenvalue weighted by atomic mass is 16.7. The van der Waals surface area contributed by atoms with Crippen molar-refractivity contribution in [1.29, 1.82) is 0 Å². The molecule has 2 fully saturated rings. The van der Waals surface area contributed by atoms with Crippen LogP contribution in [-0.2, 0) is 14.3 Å². The van der Waals surface area contributed by atoms with Gasteiger partial charge >= 0.3 is 0 Å². The van der Waals surface area contributed by atoms with Gasteiger partial charge in [0.2, 0.25) is 5.91 Å². The number of ether oxygens (including phenoxy) is 2. The highest BCUT2D eigenvalue weighted by Gasteiger charge is 2.33. The number of hydrogen-bond acceptors (Lipinski definition) is 4. The normalized spacial score (nSPS) is 23.5. The summed E-state index contributed by atoms with van der Waals surface area (Å²) in [6.45, 7) is 2.89. The van der Waals surface area contributed by atoms with Crippen LogP contribution in [0.3, 0.4) is 0 Å². The third-order valence-corrected chi connectivity index (χ3v) is 3.15. The van der Waals surface area contributed by atoms with Gasteiger partial charge in [-0.3, -0.25) is 4.79 Å². The Bertz CT molecular complexity index is 301. The summed E-state index contributed by atoms with van der Waals surface area (Å²) in [5.74, 6) is -0.913. The van der Waals surface area contributed by atoms with Crippen LogP contribution in [0.4, 0.5) is 0 Å². The van der Waals surface area contributed by atoms with Gasteiger partial charge in [0.05, 0.1) is 19.6 Å². The van der Waals surface area contributed by atoms with E-state index in [0.717, 1.165) is 18.6 Å². The molecule has 17 heavy (non-hydrogen) atoms. The molecule has 2 aliphatic rings. The monoisotopic (exact) mass is 240 g/mol. The van der Waals surface area contributed by atoms with E-state index >= 15 is 0 Å². The van der Waals surface area contributed by atoms with E-state index < -0.39 is 5.79 Å². The molecule has 0 aromatic heterocycles. The first-order chi connectivity index (χ1) is 8.18. The van der Waals surface area contributed by atoms with Crippen LogP contribution in [0, 0.1) is 0 Å². The van der Waals surface area contributed by atoms with Gasteiger partial charge in [-0.2, -0.15) is 5.10 Å². The first-order valence-electron chi connectivity index (χ1n) is 6.30. The molecular formula is C12H20N2O3. The molecule has 1 N–H and O–H groups in total. The molecule has 1 aliphatic carbocycles. The average molecular weight is 240 g/mol. The number of hydrazone groups is 1. The Balaban J connectivity index is 1.76. The van der Waals surface area contributed by atoms with Gasteiger partial charge in [0.1, 0.15) is 0 Å². The molecule has 0 unspecified atom stereocenters. The molecule has 0 spiro atoms. The standard InChI is InChI=1S/C12H20N2O3/c1-12(16-7-8-17-12)9-11(15)14-13-10-5-3-2-4-6-10/h2-9H2,1H3,(H,14,15). The predicted molar refractivity (Wildman–Crippen MR) is 63.6 cm³/mol. The van der Waals surface area contributed by atoms with Crippen molar-refractivity contribution in [3.8, 4) is 0 Å². The van der Waals surface area contributed by atoms with E-state index in [0.29, 0.717) is 13.2 Å². The summed E-state index contributed by atoms with van der Waals surface area (Å²) in [6, 6.07) is 0. The molecule has 5 nitrogen and oxygen atoms in total. The number of carbonyl (C=O) groups is 1. The minimum atomic E-state index is -0.767. The Morgan fingerprint density at radius 2 is 1.94 bits per heavy atom. The Morgan fingerprint density at radius 3 is 2.59 bits per heavy atom. The first-order valence-corrected chi connectivity index (χ1v) is 6.30. The molecule has 0 atom stereocenters. The van der Waals surface area contributed by atoms with Crippen molar-refractivity contribution in [3.63, 3.8) is 0 Å². The molecular weight excluding hydrogens is 220 g/mol. The third-order valence-electron chi connectivity index (χ3n) is 3.15. The second kappa shape index (κ2) is 5.60. The molecule has 1 heterocycles. The molecule has 0 bridgehead atoms. The maximum atomic E-state index is 11.7. The van der Waals surface area contributed by atoms with E-state index in [1.807, 2.05) is 0 Å². The minimum absolute atomic E-state index is 0.146. The van der Waals surface area contributed by atoms with Crippen LogP contribution in [0.5, 0.6) is 0 Å². The van der Waals surface area contributed by atoms with Crippen molar-refractivity contribution < 1.29 is 14.3 Å². The fourth-order valence-electron chi connectivity index (χ4n) is 2.20. The fourth-order valence-corrected chi connectivity index (χ4v) is 2.20. The van der Waals surface area contributed by atoms with Crippen molar-refractivity contribution in [2.45, 2.75) is 51.2 Å². The van der Waals surface area contributed by atoms with Gasteiger partial charge in [-0.25, -0.2) is 5.43 Å². The summed E-state index contributed by atoms with van der Waals surface area (Å²) in [5.41, 5.74) is 3.69. The maximum absolute atomic E-state index is 11.7. The molecule has 1 saturated carbocycles. The molecule has 0 aromatic carbocycles. The van der Waals surface area contributed by atoms with Gasteiger partial charge in [-0.05, 0) is 32.6 Å². The average Bonchev–Trinajstić information content (AvgIpc) is 2.74. The summed E-state index contributed by atoms with van der Waals surface area (Å²) in [6.07, 6.45) is 5.84. The molecule has 0 aromatic rings. The zero-order chi connectivity index (χ0) is 12.1. The number of hydrogen-bond donors (Lipinski definition) is 1. The van der Waals surface area contributed by atoms with E-state index in [1.165, 1.54) is 19.3 Å². The zero-order valence-electron chi connectivity index (χ0n) is 10.3. The van der Waals surface area contributed by atoms with Crippen LogP contribution in [0.1, 0.15) is 45.4 Å². The smallest absolute Gasteiger partial charge is 0.245 e. The Hall–Kier alpha value is -0.940. The third kappa shape index (κ3) is 3.78. The lowest BCUT2D eigenvalue weighted by atomic mass is 9.99. The summed E-state index contributed by atoms with van der Waals surface area (Å²) in [4.78, 5) is 11.7. The van der Waals surface area contributed by atoms with Gasteiger partial charge in [0.25, 0.3) is 0 Å². The molecule has 1 amide bonds. The molecule has 0 radical (unpaired) electrons. The number of carbonyl (C=O) groups excluding carboxylic acids is 1. The lowest BCUT2D eigenvalue weighted by Gasteiger charge is -2.20. The quantitative estimate of drug-likeness (QED) is 0.762. The topological polar surface area (TPSA) is 59.9 Å². The highest BCUT2D eigenvalue weighted by molar-refractivity contribution is 5.86. The van der Waals surface area contributed by atoms with Crippen LogP contribution in [0.2, 0.25) is 0 Å². The molecule has 5 heteroatoms. The molecule has 96 valence electrons. The van der Waals surface area contributed by atoms with Crippen LogP contribution >= 0.6 is 0 Å². The van der Waals surface area contributed by atoms with E-state index in [9.17, 15) is 4.79 Å². The maximum Gasteiger partial charge on any atom is 0.245 e. The van der Waals surface area contributed by atoms with Gasteiger partial charge < -0.3 is 9.47 Å². The number of amides is 1. The van der Waals surface area contributed by atoms with E-state index in [1.54, 1.807) is 6.92 Å². The summed E-state index contributed by atoms with van der Waals surface area (Å²) in [7, 11) is 0. The second-order valence-electron chi connectivity index (χ2n) is 4.78. The van der Waals surface area contributed by atoms with Crippen LogP contribution in [-0.4, -0.2) is 30.6 Å². The van der Waals surface area contributed by atoms with Crippen LogP contribution in [0.15, 0.2) is 5.10 Å². The van der Waals surface area contributed by atoms with Crippen LogP contribution < -0.4 is 5.43 Å². The zero-order valence-corrected chi connectivity index (χ0v) is 10.3. The van der Waals surface area contributed by atoms with E-state index in [-0.39, 0.29) is 12.3 Å². The number of nitrogens with zero attached hydrogens (tertiary/aromatic N) is 1.